The molecule has 1 saturated heterocycles. The van der Waals surface area contributed by atoms with Gasteiger partial charge in [-0.05, 0) is 67.7 Å². The van der Waals surface area contributed by atoms with Crippen LogP contribution in [0.15, 0.2) is 72.1 Å². The molecule has 1 fully saturated rings. The van der Waals surface area contributed by atoms with Gasteiger partial charge >= 0.3 is 0 Å². The fourth-order valence-electron chi connectivity index (χ4n) is 4.98. The summed E-state index contributed by atoms with van der Waals surface area (Å²) in [5.41, 5.74) is 4.31. The fraction of sp³-hybridized carbons (Fsp3) is 0.321. The monoisotopic (exact) mass is 481 g/mol. The first-order chi connectivity index (χ1) is 17.4. The lowest BCUT2D eigenvalue weighted by atomic mass is 10.0. The third kappa shape index (κ3) is 4.71. The summed E-state index contributed by atoms with van der Waals surface area (Å²) in [5.74, 6) is 1.51. The van der Waals surface area contributed by atoms with E-state index >= 15 is 0 Å². The molecule has 0 aromatic carbocycles. The smallest absolute Gasteiger partial charge is 0.270 e. The van der Waals surface area contributed by atoms with E-state index in [2.05, 4.69) is 20.2 Å². The number of likely N-dealkylation sites (tertiary alicyclic amines) is 1. The first-order valence-electron chi connectivity index (χ1n) is 12.4. The third-order valence-corrected chi connectivity index (χ3v) is 7.09. The van der Waals surface area contributed by atoms with Gasteiger partial charge in [0.05, 0.1) is 6.04 Å². The quantitative estimate of drug-likeness (QED) is 0.451. The van der Waals surface area contributed by atoms with E-state index in [-0.39, 0.29) is 18.0 Å². The van der Waals surface area contributed by atoms with Crippen molar-refractivity contribution in [2.75, 3.05) is 11.4 Å². The number of carbonyl (C=O) groups excluding carboxylic acids is 1. The van der Waals surface area contributed by atoms with Crippen LogP contribution in [-0.2, 0) is 13.0 Å². The topological polar surface area (TPSA) is 109 Å². The normalized spacial score (nSPS) is 21.4. The minimum absolute atomic E-state index is 0.144. The molecule has 0 radical (unpaired) electrons. The molecule has 5 rings (SSSR count). The number of fused-ring (bicyclic) bond motifs is 1. The lowest BCUT2D eigenvalue weighted by Crippen LogP contribution is -2.37. The second kappa shape index (κ2) is 9.89. The van der Waals surface area contributed by atoms with Crippen LogP contribution in [0.1, 0.15) is 48.3 Å². The van der Waals surface area contributed by atoms with Crippen molar-refractivity contribution in [2.45, 2.75) is 51.7 Å². The molecule has 4 heterocycles. The van der Waals surface area contributed by atoms with Gasteiger partial charge in [-0.1, -0.05) is 24.3 Å². The number of hydrogen-bond donors (Lipinski definition) is 3. The Hall–Kier alpha value is -4.07. The van der Waals surface area contributed by atoms with Crippen molar-refractivity contribution < 1.29 is 4.79 Å². The number of allylic oxidation sites excluding steroid dienone is 2. The Kier molecular flexibility index (Phi) is 6.50. The van der Waals surface area contributed by atoms with Crippen molar-refractivity contribution in [2.24, 2.45) is 0 Å². The van der Waals surface area contributed by atoms with E-state index in [4.69, 9.17) is 10.8 Å². The van der Waals surface area contributed by atoms with Gasteiger partial charge in [0.25, 0.3) is 5.91 Å². The maximum Gasteiger partial charge on any atom is 0.270 e. The minimum Gasteiger partial charge on any atom is -0.352 e. The van der Waals surface area contributed by atoms with Crippen molar-refractivity contribution in [1.29, 1.82) is 10.8 Å². The maximum atomic E-state index is 13.2. The predicted molar refractivity (Wildman–Crippen MR) is 141 cm³/mol. The Balaban J connectivity index is 1.28. The van der Waals surface area contributed by atoms with Crippen LogP contribution < -0.4 is 10.2 Å². The van der Waals surface area contributed by atoms with Crippen LogP contribution >= 0.6 is 0 Å². The van der Waals surface area contributed by atoms with E-state index < -0.39 is 0 Å². The highest BCUT2D eigenvalue weighted by molar-refractivity contribution is 6.09. The number of nitrogens with one attached hydrogen (secondary N) is 3. The molecule has 1 amide bonds. The van der Waals surface area contributed by atoms with Crippen molar-refractivity contribution in [3.8, 4) is 0 Å². The molecule has 0 saturated carbocycles. The Morgan fingerprint density at radius 2 is 2.06 bits per heavy atom. The van der Waals surface area contributed by atoms with E-state index in [0.717, 1.165) is 41.9 Å². The number of pyridine rings is 2. The molecular formula is C28H31N7O. The molecule has 2 aliphatic heterocycles. The van der Waals surface area contributed by atoms with E-state index in [1.54, 1.807) is 11.1 Å². The number of rotatable bonds is 4. The summed E-state index contributed by atoms with van der Waals surface area (Å²) >= 11 is 0. The standard InChI is InChI=1S/C28H31N7O/c1-18-14-20(27(30)35-19(2)9-10-25(35)29)6-5-7-23(18)33-28(36)24-15-22-17-34(13-11-21(22)16-32-24)26-8-3-4-12-31-26/h3-8,12,14-16,19,23,29-30H,9-11,13,17H2,1-2H3,(H,33,36)/t19-,23?/m1/s1. The first-order valence-corrected chi connectivity index (χ1v) is 12.4. The molecule has 8 heteroatoms. The van der Waals surface area contributed by atoms with Crippen LogP contribution in [0.5, 0.6) is 0 Å². The number of nitrogens with zero attached hydrogens (tertiary/aromatic N) is 4. The second-order valence-electron chi connectivity index (χ2n) is 9.60. The summed E-state index contributed by atoms with van der Waals surface area (Å²) in [6, 6.07) is 7.62. The summed E-state index contributed by atoms with van der Waals surface area (Å²) in [4.78, 5) is 26.1. The summed E-state index contributed by atoms with van der Waals surface area (Å²) in [6.07, 6.45) is 13.7. The zero-order valence-corrected chi connectivity index (χ0v) is 20.7. The average Bonchev–Trinajstić information content (AvgIpc) is 3.12. The molecule has 2 aromatic rings. The van der Waals surface area contributed by atoms with Gasteiger partial charge in [-0.15, -0.1) is 0 Å². The number of amidine groups is 2. The predicted octanol–water partition coefficient (Wildman–Crippen LogP) is 4.02. The van der Waals surface area contributed by atoms with E-state index in [1.165, 1.54) is 5.56 Å². The molecule has 0 spiro atoms. The summed E-state index contributed by atoms with van der Waals surface area (Å²) in [7, 11) is 0. The Labute approximate surface area is 211 Å². The van der Waals surface area contributed by atoms with Gasteiger partial charge in [-0.2, -0.15) is 0 Å². The van der Waals surface area contributed by atoms with Crippen molar-refractivity contribution in [3.63, 3.8) is 0 Å². The molecule has 1 unspecified atom stereocenters. The number of carbonyl (C=O) groups is 1. The van der Waals surface area contributed by atoms with Crippen molar-refractivity contribution in [3.05, 3.63) is 88.9 Å². The van der Waals surface area contributed by atoms with Crippen molar-refractivity contribution in [1.82, 2.24) is 20.2 Å². The van der Waals surface area contributed by atoms with E-state index in [0.29, 0.717) is 30.3 Å². The van der Waals surface area contributed by atoms with Gasteiger partial charge < -0.3 is 15.1 Å². The van der Waals surface area contributed by atoms with E-state index in [1.807, 2.05) is 68.6 Å². The highest BCUT2D eigenvalue weighted by Crippen LogP contribution is 2.25. The van der Waals surface area contributed by atoms with Crippen LogP contribution in [0, 0.1) is 10.8 Å². The lowest BCUT2D eigenvalue weighted by Gasteiger charge is -2.29. The first kappa shape index (κ1) is 23.7. The average molecular weight is 482 g/mol. The van der Waals surface area contributed by atoms with Gasteiger partial charge in [0.2, 0.25) is 0 Å². The van der Waals surface area contributed by atoms with Gasteiger partial charge in [0.15, 0.2) is 0 Å². The SMILES string of the molecule is CC1=CC(C(=N)N2C(=N)CC[C@H]2C)=CC=CC1NC(=O)c1cc2c(cn1)CCN(c1ccccn1)C2. The molecule has 3 N–H and O–H groups in total. The second-order valence-corrected chi connectivity index (χ2v) is 9.60. The molecule has 2 aromatic heterocycles. The zero-order valence-electron chi connectivity index (χ0n) is 20.7. The lowest BCUT2D eigenvalue weighted by molar-refractivity contribution is 0.0943. The molecule has 8 nitrogen and oxygen atoms in total. The third-order valence-electron chi connectivity index (χ3n) is 7.09. The van der Waals surface area contributed by atoms with Crippen LogP contribution in [0.3, 0.4) is 0 Å². The van der Waals surface area contributed by atoms with Gasteiger partial charge in [0.1, 0.15) is 23.2 Å². The number of anilines is 1. The van der Waals surface area contributed by atoms with Crippen LogP contribution in [0.4, 0.5) is 5.82 Å². The van der Waals surface area contributed by atoms with Gasteiger partial charge in [0, 0.05) is 43.5 Å². The number of hydrogen-bond acceptors (Lipinski definition) is 6. The summed E-state index contributed by atoms with van der Waals surface area (Å²) < 4.78 is 0. The van der Waals surface area contributed by atoms with Crippen molar-refractivity contribution >= 4 is 23.4 Å². The Morgan fingerprint density at radius 3 is 2.81 bits per heavy atom. The zero-order chi connectivity index (χ0) is 25.2. The Morgan fingerprint density at radius 1 is 1.19 bits per heavy atom. The van der Waals surface area contributed by atoms with Gasteiger partial charge in [-0.3, -0.25) is 20.6 Å². The number of amides is 1. The van der Waals surface area contributed by atoms with Crippen LogP contribution in [-0.4, -0.2) is 51.1 Å². The molecule has 184 valence electrons. The van der Waals surface area contributed by atoms with Gasteiger partial charge in [-0.25, -0.2) is 4.98 Å². The molecule has 0 bridgehead atoms. The highest BCUT2D eigenvalue weighted by Gasteiger charge is 2.29. The maximum absolute atomic E-state index is 13.2. The minimum atomic E-state index is -0.308. The molecule has 3 aliphatic rings. The number of aromatic nitrogens is 2. The van der Waals surface area contributed by atoms with Crippen LogP contribution in [0.25, 0.3) is 0 Å². The molecule has 2 atom stereocenters. The molecular weight excluding hydrogens is 450 g/mol. The summed E-state index contributed by atoms with van der Waals surface area (Å²) in [5, 5.41) is 19.9. The molecule has 1 aliphatic carbocycles. The van der Waals surface area contributed by atoms with E-state index in [9.17, 15) is 4.79 Å². The fourth-order valence-corrected chi connectivity index (χ4v) is 4.98. The Bertz CT molecular complexity index is 1290. The largest absolute Gasteiger partial charge is 0.352 e. The molecule has 36 heavy (non-hydrogen) atoms. The highest BCUT2D eigenvalue weighted by atomic mass is 16.1. The van der Waals surface area contributed by atoms with Crippen LogP contribution in [0.2, 0.25) is 0 Å². The summed E-state index contributed by atoms with van der Waals surface area (Å²) in [6.45, 7) is 5.56.